The first-order valence-corrected chi connectivity index (χ1v) is 12.2. The largest absolute Gasteiger partial charge is 0.495 e. The molecule has 4 heterocycles. The maximum absolute atomic E-state index is 6.30. The van der Waals surface area contributed by atoms with Crippen LogP contribution in [0, 0.1) is 0 Å². The number of ether oxygens (including phenoxy) is 1. The van der Waals surface area contributed by atoms with Crippen molar-refractivity contribution in [2.24, 2.45) is 0 Å². The molecule has 36 heavy (non-hydrogen) atoms. The fourth-order valence-corrected chi connectivity index (χ4v) is 4.74. The summed E-state index contributed by atoms with van der Waals surface area (Å²) in [7, 11) is 1.59. The van der Waals surface area contributed by atoms with Gasteiger partial charge in [-0.3, -0.25) is 0 Å². The van der Waals surface area contributed by atoms with E-state index in [0.717, 1.165) is 32.9 Å². The highest BCUT2D eigenvalue weighted by Gasteiger charge is 2.17. The van der Waals surface area contributed by atoms with E-state index in [2.05, 4.69) is 35.9 Å². The molecule has 184 valence electrons. The van der Waals surface area contributed by atoms with Crippen molar-refractivity contribution < 1.29 is 4.74 Å². The van der Waals surface area contributed by atoms with E-state index in [1.807, 2.05) is 29.8 Å². The van der Waals surface area contributed by atoms with Gasteiger partial charge in [0.05, 0.1) is 23.7 Å². The summed E-state index contributed by atoms with van der Waals surface area (Å²) in [6.45, 7) is 3.63. The number of methoxy groups -OCH3 is 1. The zero-order valence-corrected chi connectivity index (χ0v) is 21.7. The molecule has 5 rings (SSSR count). The fraction of sp³-hybridized carbons (Fsp3) is 0.208. The normalized spacial score (nSPS) is 11.2. The van der Waals surface area contributed by atoms with Crippen molar-refractivity contribution in [1.82, 2.24) is 29.9 Å². The molecule has 2 N–H and O–H groups in total. The lowest BCUT2D eigenvalue weighted by molar-refractivity contribution is 0.415. The molecule has 0 bridgehead atoms. The van der Waals surface area contributed by atoms with E-state index in [1.54, 1.807) is 31.6 Å². The van der Waals surface area contributed by atoms with Crippen LogP contribution in [0.3, 0.4) is 0 Å². The minimum atomic E-state index is 0.323. The molecule has 1 aromatic carbocycles. The average Bonchev–Trinajstić information content (AvgIpc) is 3.29. The lowest BCUT2D eigenvalue weighted by Gasteiger charge is -2.14. The highest BCUT2D eigenvalue weighted by molar-refractivity contribution is 6.32. The zero-order valence-electron chi connectivity index (χ0n) is 19.4. The van der Waals surface area contributed by atoms with Gasteiger partial charge in [-0.05, 0) is 42.3 Å². The quantitative estimate of drug-likeness (QED) is 0.230. The first-order valence-electron chi connectivity index (χ1n) is 11.1. The van der Waals surface area contributed by atoms with Crippen LogP contribution in [0.1, 0.15) is 18.1 Å². The molecular weight excluding hydrogens is 523 g/mol. The second kappa shape index (κ2) is 10.3. The molecule has 5 aromatic rings. The molecule has 0 saturated heterocycles. The van der Waals surface area contributed by atoms with Gasteiger partial charge in [-0.1, -0.05) is 40.9 Å². The summed E-state index contributed by atoms with van der Waals surface area (Å²) < 4.78 is 7.09. The second-order valence-corrected chi connectivity index (χ2v) is 9.12. The van der Waals surface area contributed by atoms with Crippen molar-refractivity contribution in [3.05, 3.63) is 69.2 Å². The van der Waals surface area contributed by atoms with Crippen molar-refractivity contribution in [2.75, 3.05) is 17.7 Å². The topological polar surface area (TPSA) is 103 Å². The molecular formula is C24H21Cl3N8O. The number of halogens is 3. The number of hydrogen-bond donors (Lipinski definition) is 2. The predicted octanol–water partition coefficient (Wildman–Crippen LogP) is 5.98. The maximum atomic E-state index is 6.30. The molecule has 0 unspecified atom stereocenters. The summed E-state index contributed by atoms with van der Waals surface area (Å²) in [4.78, 5) is 8.64. The third-order valence-electron chi connectivity index (χ3n) is 5.67. The standard InChI is InChI=1S/C24H21Cl3N8O/c1-3-35-24-16(12-31-35)21-15(11-30-24)22(28-10-14-7-19(26)32-20(27)8-14)33-34-23(21)29-9-13-4-5-18(36-2)17(25)6-13/h4-8,11-12H,3,9-10H2,1-2H3,(H,28,33)(H,29,34). The van der Waals surface area contributed by atoms with Gasteiger partial charge in [0, 0.05) is 36.6 Å². The van der Waals surface area contributed by atoms with Gasteiger partial charge in [-0.25, -0.2) is 14.6 Å². The SMILES string of the molecule is CCn1ncc2c3c(NCc4ccc(OC)c(Cl)c4)nnc(NCc4cc(Cl)nc(Cl)c4)c3cnc21. The van der Waals surface area contributed by atoms with E-state index in [9.17, 15) is 0 Å². The Morgan fingerprint density at radius 1 is 0.889 bits per heavy atom. The third kappa shape index (κ3) is 4.82. The third-order valence-corrected chi connectivity index (χ3v) is 6.35. The van der Waals surface area contributed by atoms with Gasteiger partial charge in [0.1, 0.15) is 16.1 Å². The maximum Gasteiger partial charge on any atom is 0.158 e. The number of pyridine rings is 2. The molecule has 0 aliphatic carbocycles. The number of anilines is 2. The average molecular weight is 544 g/mol. The van der Waals surface area contributed by atoms with E-state index in [4.69, 9.17) is 39.5 Å². The summed E-state index contributed by atoms with van der Waals surface area (Å²) in [6, 6.07) is 9.12. The summed E-state index contributed by atoms with van der Waals surface area (Å²) in [6.07, 6.45) is 3.59. The molecule has 0 amide bonds. The molecule has 0 aliphatic heterocycles. The summed E-state index contributed by atoms with van der Waals surface area (Å²) >= 11 is 18.4. The Morgan fingerprint density at radius 3 is 2.33 bits per heavy atom. The molecule has 9 nitrogen and oxygen atoms in total. The molecule has 0 fully saturated rings. The molecule has 0 spiro atoms. The second-order valence-electron chi connectivity index (χ2n) is 7.94. The van der Waals surface area contributed by atoms with Crippen molar-refractivity contribution in [3.8, 4) is 5.75 Å². The van der Waals surface area contributed by atoms with Gasteiger partial charge in [-0.15, -0.1) is 10.2 Å². The highest BCUT2D eigenvalue weighted by atomic mass is 35.5. The summed E-state index contributed by atoms with van der Waals surface area (Å²) in [5.41, 5.74) is 2.60. The number of aromatic nitrogens is 6. The highest BCUT2D eigenvalue weighted by Crippen LogP contribution is 2.33. The number of nitrogens with zero attached hydrogens (tertiary/aromatic N) is 6. The van der Waals surface area contributed by atoms with Crippen molar-refractivity contribution in [1.29, 1.82) is 0 Å². The lowest BCUT2D eigenvalue weighted by Crippen LogP contribution is -2.08. The molecule has 0 saturated carbocycles. The van der Waals surface area contributed by atoms with Crippen molar-refractivity contribution in [2.45, 2.75) is 26.6 Å². The van der Waals surface area contributed by atoms with Crippen LogP contribution in [0.15, 0.2) is 42.7 Å². The minimum absolute atomic E-state index is 0.323. The van der Waals surface area contributed by atoms with E-state index in [0.29, 0.717) is 52.3 Å². The van der Waals surface area contributed by atoms with Crippen LogP contribution in [0.25, 0.3) is 21.8 Å². The Kier molecular flexibility index (Phi) is 6.95. The smallest absolute Gasteiger partial charge is 0.158 e. The predicted molar refractivity (Wildman–Crippen MR) is 143 cm³/mol. The number of benzene rings is 1. The minimum Gasteiger partial charge on any atom is -0.495 e. The van der Waals surface area contributed by atoms with E-state index >= 15 is 0 Å². The Morgan fingerprint density at radius 2 is 1.61 bits per heavy atom. The number of hydrogen-bond acceptors (Lipinski definition) is 8. The Labute approximate surface area is 221 Å². The van der Waals surface area contributed by atoms with Crippen LogP contribution >= 0.6 is 34.8 Å². The molecule has 0 atom stereocenters. The van der Waals surface area contributed by atoms with Gasteiger partial charge in [0.2, 0.25) is 0 Å². The van der Waals surface area contributed by atoms with Gasteiger partial charge in [0.15, 0.2) is 17.3 Å². The first kappa shape index (κ1) is 24.3. The summed E-state index contributed by atoms with van der Waals surface area (Å²) in [5, 5.41) is 23.9. The number of fused-ring (bicyclic) bond motifs is 3. The lowest BCUT2D eigenvalue weighted by atomic mass is 10.1. The Bertz CT molecular complexity index is 1550. The first-order chi connectivity index (χ1) is 17.5. The number of aryl methyl sites for hydroxylation is 1. The number of nitrogens with one attached hydrogen (secondary N) is 2. The fourth-order valence-electron chi connectivity index (χ4n) is 3.96. The van der Waals surface area contributed by atoms with Crippen LogP contribution in [0.4, 0.5) is 11.6 Å². The van der Waals surface area contributed by atoms with E-state index in [-0.39, 0.29) is 0 Å². The summed E-state index contributed by atoms with van der Waals surface area (Å²) in [5.74, 6) is 1.81. The van der Waals surface area contributed by atoms with Crippen LogP contribution in [-0.2, 0) is 19.6 Å². The van der Waals surface area contributed by atoms with Crippen molar-refractivity contribution in [3.63, 3.8) is 0 Å². The van der Waals surface area contributed by atoms with E-state index in [1.165, 1.54) is 0 Å². The molecule has 4 aromatic heterocycles. The van der Waals surface area contributed by atoms with Gasteiger partial charge >= 0.3 is 0 Å². The van der Waals surface area contributed by atoms with Crippen LogP contribution in [0.2, 0.25) is 15.3 Å². The van der Waals surface area contributed by atoms with Crippen molar-refractivity contribution >= 4 is 68.2 Å². The van der Waals surface area contributed by atoms with Crippen LogP contribution < -0.4 is 15.4 Å². The zero-order chi connectivity index (χ0) is 25.2. The Hall–Kier alpha value is -3.40. The van der Waals surface area contributed by atoms with Gasteiger partial charge in [-0.2, -0.15) is 5.10 Å². The van der Waals surface area contributed by atoms with Crippen LogP contribution in [0.5, 0.6) is 5.75 Å². The monoisotopic (exact) mass is 542 g/mol. The van der Waals surface area contributed by atoms with E-state index < -0.39 is 0 Å². The molecule has 0 aliphatic rings. The number of rotatable bonds is 8. The molecule has 0 radical (unpaired) electrons. The Balaban J connectivity index is 1.52. The molecule has 12 heteroatoms. The van der Waals surface area contributed by atoms with Gasteiger partial charge < -0.3 is 15.4 Å². The van der Waals surface area contributed by atoms with Gasteiger partial charge in [0.25, 0.3) is 0 Å². The van der Waals surface area contributed by atoms with Crippen LogP contribution in [-0.4, -0.2) is 37.1 Å².